The lowest BCUT2D eigenvalue weighted by molar-refractivity contribution is 0.174. The number of benzene rings is 2. The number of allylic oxidation sites excluding steroid dienone is 1. The van der Waals surface area contributed by atoms with Crippen LogP contribution in [0.25, 0.3) is 22.7 Å². The van der Waals surface area contributed by atoms with Crippen LogP contribution in [0.2, 0.25) is 0 Å². The first kappa shape index (κ1) is 13.4. The minimum absolute atomic E-state index is 0.233. The summed E-state index contributed by atoms with van der Waals surface area (Å²) in [4.78, 5) is 7.69. The molecular weight excluding hydrogens is 290 g/mol. The second-order valence-corrected chi connectivity index (χ2v) is 5.39. The highest BCUT2D eigenvalue weighted by molar-refractivity contribution is 5.90. The molecule has 112 valence electrons. The normalized spacial score (nSPS) is 13.3. The molecule has 0 saturated carbocycles. The molecule has 0 fully saturated rings. The van der Waals surface area contributed by atoms with Gasteiger partial charge in [0.15, 0.2) is 11.5 Å². The number of ether oxygens (including phenoxy) is 2. The summed E-state index contributed by atoms with van der Waals surface area (Å²) in [6.07, 6.45) is 1.78. The average molecular weight is 303 g/mol. The lowest BCUT2D eigenvalue weighted by Crippen LogP contribution is -1.92. The molecule has 4 rings (SSSR count). The third-order valence-electron chi connectivity index (χ3n) is 3.72. The molecule has 0 amide bonds. The Bertz CT molecular complexity index is 980. The van der Waals surface area contributed by atoms with Crippen LogP contribution in [0.4, 0.5) is 0 Å². The van der Waals surface area contributed by atoms with Crippen LogP contribution < -0.4 is 9.47 Å². The molecule has 0 bridgehead atoms. The zero-order valence-electron chi connectivity index (χ0n) is 12.5. The van der Waals surface area contributed by atoms with E-state index in [0.29, 0.717) is 17.1 Å². The van der Waals surface area contributed by atoms with Crippen molar-refractivity contribution in [2.45, 2.75) is 6.92 Å². The van der Waals surface area contributed by atoms with Crippen LogP contribution in [-0.2, 0) is 0 Å². The molecule has 5 nitrogen and oxygen atoms in total. The van der Waals surface area contributed by atoms with Gasteiger partial charge in [0.25, 0.3) is 0 Å². The Hall–Kier alpha value is -3.26. The number of nitriles is 1. The van der Waals surface area contributed by atoms with Crippen molar-refractivity contribution in [3.63, 3.8) is 0 Å². The van der Waals surface area contributed by atoms with Gasteiger partial charge < -0.3 is 14.5 Å². The van der Waals surface area contributed by atoms with Crippen molar-refractivity contribution >= 4 is 22.7 Å². The summed E-state index contributed by atoms with van der Waals surface area (Å²) >= 11 is 0. The van der Waals surface area contributed by atoms with Crippen molar-refractivity contribution in [3.8, 4) is 17.6 Å². The number of nitrogens with zero attached hydrogens (tertiary/aromatic N) is 2. The van der Waals surface area contributed by atoms with E-state index in [1.165, 1.54) is 0 Å². The van der Waals surface area contributed by atoms with Gasteiger partial charge in [0.2, 0.25) is 6.79 Å². The number of hydrogen-bond acceptors (Lipinski definition) is 4. The van der Waals surface area contributed by atoms with Crippen LogP contribution in [0.3, 0.4) is 0 Å². The zero-order valence-corrected chi connectivity index (χ0v) is 12.5. The fourth-order valence-corrected chi connectivity index (χ4v) is 2.57. The molecule has 1 N–H and O–H groups in total. The summed E-state index contributed by atoms with van der Waals surface area (Å²) < 4.78 is 10.7. The van der Waals surface area contributed by atoms with Crippen molar-refractivity contribution < 1.29 is 9.47 Å². The molecule has 2 heterocycles. The maximum absolute atomic E-state index is 9.48. The minimum atomic E-state index is 0.233. The molecule has 0 aliphatic carbocycles. The second-order valence-electron chi connectivity index (χ2n) is 5.39. The number of nitrogens with one attached hydrogen (secondary N) is 1. The molecule has 1 aliphatic rings. The number of H-pyrrole nitrogens is 1. The second kappa shape index (κ2) is 5.18. The van der Waals surface area contributed by atoms with Crippen molar-refractivity contribution in [1.82, 2.24) is 9.97 Å². The highest BCUT2D eigenvalue weighted by atomic mass is 16.7. The average Bonchev–Trinajstić information content (AvgIpc) is 3.17. The van der Waals surface area contributed by atoms with E-state index in [4.69, 9.17) is 9.47 Å². The maximum atomic E-state index is 9.48. The molecule has 0 spiro atoms. The van der Waals surface area contributed by atoms with Gasteiger partial charge in [-0.1, -0.05) is 12.1 Å². The molecule has 2 aromatic carbocycles. The number of imidazole rings is 1. The van der Waals surface area contributed by atoms with Crippen molar-refractivity contribution in [3.05, 3.63) is 53.3 Å². The molecule has 0 saturated heterocycles. The molecule has 1 aliphatic heterocycles. The van der Waals surface area contributed by atoms with Gasteiger partial charge in [-0.2, -0.15) is 5.26 Å². The minimum Gasteiger partial charge on any atom is -0.454 e. The highest BCUT2D eigenvalue weighted by Gasteiger charge is 2.14. The van der Waals surface area contributed by atoms with Gasteiger partial charge in [-0.05, 0) is 48.4 Å². The number of hydrogen-bond donors (Lipinski definition) is 1. The zero-order chi connectivity index (χ0) is 15.8. The Labute approximate surface area is 132 Å². The summed E-state index contributed by atoms with van der Waals surface area (Å²) in [7, 11) is 0. The predicted molar refractivity (Wildman–Crippen MR) is 86.9 cm³/mol. The maximum Gasteiger partial charge on any atom is 0.231 e. The summed E-state index contributed by atoms with van der Waals surface area (Å²) in [6.45, 7) is 2.25. The van der Waals surface area contributed by atoms with E-state index in [1.54, 1.807) is 6.08 Å². The van der Waals surface area contributed by atoms with Gasteiger partial charge >= 0.3 is 0 Å². The van der Waals surface area contributed by atoms with E-state index in [0.717, 1.165) is 27.9 Å². The summed E-state index contributed by atoms with van der Waals surface area (Å²) in [6, 6.07) is 13.7. The van der Waals surface area contributed by atoms with Gasteiger partial charge in [0, 0.05) is 0 Å². The third kappa shape index (κ3) is 2.40. The van der Waals surface area contributed by atoms with Gasteiger partial charge in [0.1, 0.15) is 11.9 Å². The topological polar surface area (TPSA) is 70.9 Å². The summed E-state index contributed by atoms with van der Waals surface area (Å²) in [5.74, 6) is 1.97. The quantitative estimate of drug-likeness (QED) is 0.733. The van der Waals surface area contributed by atoms with E-state index >= 15 is 0 Å². The van der Waals surface area contributed by atoms with E-state index in [-0.39, 0.29) is 6.79 Å². The number of aromatic nitrogens is 2. The fraction of sp³-hybridized carbons (Fsp3) is 0.111. The summed E-state index contributed by atoms with van der Waals surface area (Å²) in [5, 5.41) is 9.48. The lowest BCUT2D eigenvalue weighted by Gasteiger charge is -1.99. The summed E-state index contributed by atoms with van der Waals surface area (Å²) in [5.41, 5.74) is 4.25. The Morgan fingerprint density at radius 3 is 2.96 bits per heavy atom. The van der Waals surface area contributed by atoms with E-state index in [1.807, 2.05) is 43.3 Å². The van der Waals surface area contributed by atoms with E-state index in [2.05, 4.69) is 16.0 Å². The highest BCUT2D eigenvalue weighted by Crippen LogP contribution is 2.33. The van der Waals surface area contributed by atoms with Gasteiger partial charge in [-0.15, -0.1) is 0 Å². The van der Waals surface area contributed by atoms with Crippen LogP contribution in [0, 0.1) is 18.3 Å². The van der Waals surface area contributed by atoms with Crippen LogP contribution in [0.5, 0.6) is 11.5 Å². The number of aromatic amines is 1. The van der Waals surface area contributed by atoms with E-state index < -0.39 is 0 Å². The molecular formula is C18H13N3O2. The first-order valence-electron chi connectivity index (χ1n) is 7.21. The van der Waals surface area contributed by atoms with Gasteiger partial charge in [-0.3, -0.25) is 0 Å². The Kier molecular flexibility index (Phi) is 3.02. The molecule has 1 aromatic heterocycles. The van der Waals surface area contributed by atoms with Crippen molar-refractivity contribution in [2.24, 2.45) is 0 Å². The third-order valence-corrected chi connectivity index (χ3v) is 3.72. The Balaban J connectivity index is 1.76. The smallest absolute Gasteiger partial charge is 0.231 e. The van der Waals surface area contributed by atoms with Crippen molar-refractivity contribution in [1.29, 1.82) is 5.26 Å². The first-order valence-corrected chi connectivity index (χ1v) is 7.21. The van der Waals surface area contributed by atoms with Crippen LogP contribution in [-0.4, -0.2) is 16.8 Å². The SMILES string of the molecule is Cc1ccc2nc(C(C#N)=Cc3ccc4c(c3)OCO4)[nH]c2c1. The van der Waals surface area contributed by atoms with Crippen LogP contribution in [0.15, 0.2) is 36.4 Å². The number of fused-ring (bicyclic) bond motifs is 2. The molecule has 0 unspecified atom stereocenters. The standard InChI is InChI=1S/C18H13N3O2/c1-11-2-4-14-15(6-11)21-18(20-14)13(9-19)7-12-3-5-16-17(8-12)23-10-22-16/h2-8H,10H2,1H3,(H,20,21). The first-order chi connectivity index (χ1) is 11.2. The van der Waals surface area contributed by atoms with Crippen molar-refractivity contribution in [2.75, 3.05) is 6.79 Å². The Morgan fingerprint density at radius 1 is 1.22 bits per heavy atom. The van der Waals surface area contributed by atoms with Gasteiger partial charge in [-0.25, -0.2) is 4.98 Å². The lowest BCUT2D eigenvalue weighted by atomic mass is 10.1. The Morgan fingerprint density at radius 2 is 2.09 bits per heavy atom. The van der Waals surface area contributed by atoms with Crippen LogP contribution >= 0.6 is 0 Å². The molecule has 0 radical (unpaired) electrons. The molecule has 3 aromatic rings. The largest absolute Gasteiger partial charge is 0.454 e. The van der Waals surface area contributed by atoms with Crippen LogP contribution in [0.1, 0.15) is 17.0 Å². The fourth-order valence-electron chi connectivity index (χ4n) is 2.57. The van der Waals surface area contributed by atoms with E-state index in [9.17, 15) is 5.26 Å². The molecule has 5 heteroatoms. The monoisotopic (exact) mass is 303 g/mol. The van der Waals surface area contributed by atoms with Gasteiger partial charge in [0.05, 0.1) is 16.6 Å². The predicted octanol–water partition coefficient (Wildman–Crippen LogP) is 3.66. The molecule has 23 heavy (non-hydrogen) atoms. The molecule has 0 atom stereocenters. The number of rotatable bonds is 2. The number of aryl methyl sites for hydroxylation is 1.